The topological polar surface area (TPSA) is 112 Å². The van der Waals surface area contributed by atoms with E-state index in [-0.39, 0.29) is 11.7 Å². The van der Waals surface area contributed by atoms with E-state index >= 15 is 0 Å². The van der Waals surface area contributed by atoms with Crippen molar-refractivity contribution in [1.82, 2.24) is 24.9 Å². The molecule has 1 aliphatic carbocycles. The molecule has 0 spiro atoms. The third-order valence-corrected chi connectivity index (χ3v) is 5.81. The summed E-state index contributed by atoms with van der Waals surface area (Å²) >= 11 is 0. The van der Waals surface area contributed by atoms with E-state index in [1.165, 1.54) is 6.20 Å². The van der Waals surface area contributed by atoms with Crippen LogP contribution in [-0.2, 0) is 7.05 Å². The quantitative estimate of drug-likeness (QED) is 0.407. The second-order valence-corrected chi connectivity index (χ2v) is 8.40. The van der Waals surface area contributed by atoms with Crippen molar-refractivity contribution in [3.8, 4) is 22.8 Å². The first-order valence-corrected chi connectivity index (χ1v) is 10.7. The number of fused-ring (bicyclic) bond motifs is 1. The van der Waals surface area contributed by atoms with Crippen molar-refractivity contribution >= 4 is 22.5 Å². The number of benzene rings is 2. The van der Waals surface area contributed by atoms with Crippen LogP contribution in [0.25, 0.3) is 33.7 Å². The van der Waals surface area contributed by atoms with E-state index in [9.17, 15) is 9.18 Å². The van der Waals surface area contributed by atoms with Crippen molar-refractivity contribution < 1.29 is 18.1 Å². The number of aromatic nitrogens is 5. The van der Waals surface area contributed by atoms with Crippen LogP contribution in [0.1, 0.15) is 34.3 Å². The van der Waals surface area contributed by atoms with Crippen LogP contribution in [0.3, 0.4) is 0 Å². The number of aryl methyl sites for hydroxylation is 2. The maximum Gasteiger partial charge on any atom is 0.293 e. The zero-order valence-electron chi connectivity index (χ0n) is 18.3. The van der Waals surface area contributed by atoms with Crippen LogP contribution in [0.5, 0.6) is 0 Å². The minimum atomic E-state index is -0.918. The van der Waals surface area contributed by atoms with Crippen LogP contribution in [0, 0.1) is 6.92 Å². The molecule has 0 saturated heterocycles. The molecule has 9 nitrogen and oxygen atoms in total. The smallest absolute Gasteiger partial charge is 0.293 e. The number of oxazole rings is 1. The van der Waals surface area contributed by atoms with Gasteiger partial charge in [-0.1, -0.05) is 23.4 Å². The van der Waals surface area contributed by atoms with E-state index in [2.05, 4.69) is 25.5 Å². The standard InChI is InChI=1S/C24H19FN6O3/c1-12-3-4-13(21-28-24(34-30-21)16-9-17(16)25)7-18(12)27-22(32)20-10-26-23(33-20)14-5-6-15-11-31(2)29-19(15)8-14/h3-8,10-11,16-17H,9H2,1-2H3,(H,27,32)/t16-,17-/m0/s1. The molecule has 34 heavy (non-hydrogen) atoms. The van der Waals surface area contributed by atoms with Crippen LogP contribution >= 0.6 is 0 Å². The van der Waals surface area contributed by atoms with Crippen molar-refractivity contribution in [3.63, 3.8) is 0 Å². The third-order valence-electron chi connectivity index (χ3n) is 5.81. The van der Waals surface area contributed by atoms with Gasteiger partial charge in [0.15, 0.2) is 0 Å². The normalized spacial score (nSPS) is 17.3. The Bertz CT molecular complexity index is 1550. The van der Waals surface area contributed by atoms with E-state index in [4.69, 9.17) is 8.94 Å². The Morgan fingerprint density at radius 2 is 2.03 bits per heavy atom. The molecule has 0 radical (unpaired) electrons. The molecule has 1 fully saturated rings. The van der Waals surface area contributed by atoms with Gasteiger partial charge in [-0.3, -0.25) is 9.48 Å². The van der Waals surface area contributed by atoms with Gasteiger partial charge in [-0.15, -0.1) is 0 Å². The fourth-order valence-corrected chi connectivity index (χ4v) is 3.79. The molecular formula is C24H19FN6O3. The first-order valence-electron chi connectivity index (χ1n) is 10.7. The molecule has 0 bridgehead atoms. The van der Waals surface area contributed by atoms with Crippen molar-refractivity contribution in [3.05, 3.63) is 66.0 Å². The minimum absolute atomic E-state index is 0.0745. The van der Waals surface area contributed by atoms with Crippen LogP contribution in [-0.4, -0.2) is 37.0 Å². The lowest BCUT2D eigenvalue weighted by Crippen LogP contribution is -2.12. The first kappa shape index (κ1) is 20.3. The second-order valence-electron chi connectivity index (χ2n) is 8.40. The van der Waals surface area contributed by atoms with E-state index in [1.54, 1.807) is 10.7 Å². The maximum atomic E-state index is 13.3. The molecule has 1 aliphatic rings. The second kappa shape index (κ2) is 7.62. The Hall–Kier alpha value is -4.34. The summed E-state index contributed by atoms with van der Waals surface area (Å²) in [6.45, 7) is 1.87. The molecular weight excluding hydrogens is 439 g/mol. The lowest BCUT2D eigenvalue weighted by atomic mass is 10.1. The highest BCUT2D eigenvalue weighted by Gasteiger charge is 2.43. The number of nitrogens with one attached hydrogen (secondary N) is 1. The van der Waals surface area contributed by atoms with Crippen LogP contribution < -0.4 is 5.32 Å². The Balaban J connectivity index is 1.22. The van der Waals surface area contributed by atoms with Crippen molar-refractivity contribution in [2.75, 3.05) is 5.32 Å². The third kappa shape index (κ3) is 3.62. The molecule has 3 heterocycles. The van der Waals surface area contributed by atoms with Gasteiger partial charge in [0.05, 0.1) is 17.6 Å². The van der Waals surface area contributed by atoms with Gasteiger partial charge >= 0.3 is 0 Å². The SMILES string of the molecule is Cc1ccc(-c2noc([C@H]3C[C@@H]3F)n2)cc1NC(=O)c1cnc(-c2ccc3cn(C)nc3c2)o1. The summed E-state index contributed by atoms with van der Waals surface area (Å²) in [6, 6.07) is 11.1. The van der Waals surface area contributed by atoms with Gasteiger partial charge in [0, 0.05) is 35.4 Å². The zero-order valence-corrected chi connectivity index (χ0v) is 18.3. The largest absolute Gasteiger partial charge is 0.431 e. The highest BCUT2D eigenvalue weighted by molar-refractivity contribution is 6.03. The summed E-state index contributed by atoms with van der Waals surface area (Å²) in [5.41, 5.74) is 3.59. The van der Waals surface area contributed by atoms with Crippen LogP contribution in [0.4, 0.5) is 10.1 Å². The monoisotopic (exact) mass is 458 g/mol. The average Bonchev–Trinajstić information content (AvgIpc) is 3.26. The summed E-state index contributed by atoms with van der Waals surface area (Å²) in [5.74, 6) is 0.289. The van der Waals surface area contributed by atoms with Crippen molar-refractivity contribution in [1.29, 1.82) is 0 Å². The van der Waals surface area contributed by atoms with Gasteiger partial charge in [-0.2, -0.15) is 10.1 Å². The minimum Gasteiger partial charge on any atom is -0.431 e. The molecule has 10 heteroatoms. The Kier molecular flexibility index (Phi) is 4.54. The number of hydrogen-bond donors (Lipinski definition) is 1. The van der Waals surface area contributed by atoms with Gasteiger partial charge in [0.2, 0.25) is 23.4 Å². The number of carbonyl (C=O) groups is 1. The average molecular weight is 458 g/mol. The molecule has 3 aromatic heterocycles. The first-order chi connectivity index (χ1) is 16.4. The number of rotatable bonds is 5. The molecule has 0 unspecified atom stereocenters. The van der Waals surface area contributed by atoms with Gasteiger partial charge in [0.1, 0.15) is 6.17 Å². The molecule has 1 amide bonds. The van der Waals surface area contributed by atoms with Gasteiger partial charge < -0.3 is 14.3 Å². The summed E-state index contributed by atoms with van der Waals surface area (Å²) in [5, 5.41) is 12.2. The molecule has 0 aliphatic heterocycles. The predicted molar refractivity (Wildman–Crippen MR) is 121 cm³/mol. The number of nitrogens with zero attached hydrogens (tertiary/aromatic N) is 5. The zero-order chi connectivity index (χ0) is 23.4. The Morgan fingerprint density at radius 1 is 1.21 bits per heavy atom. The predicted octanol–water partition coefficient (Wildman–Crippen LogP) is 4.66. The lowest BCUT2D eigenvalue weighted by Gasteiger charge is -2.08. The molecule has 1 saturated carbocycles. The fourth-order valence-electron chi connectivity index (χ4n) is 3.79. The lowest BCUT2D eigenvalue weighted by molar-refractivity contribution is 0.0997. The highest BCUT2D eigenvalue weighted by atomic mass is 19.1. The Labute approximate surface area is 192 Å². The molecule has 2 aromatic carbocycles. The summed E-state index contributed by atoms with van der Waals surface area (Å²) in [4.78, 5) is 21.4. The molecule has 6 rings (SSSR count). The van der Waals surface area contributed by atoms with Crippen molar-refractivity contribution in [2.24, 2.45) is 7.05 Å². The molecule has 2 atom stereocenters. The summed E-state index contributed by atoms with van der Waals surface area (Å²) in [7, 11) is 1.86. The Morgan fingerprint density at radius 3 is 2.85 bits per heavy atom. The van der Waals surface area contributed by atoms with Gasteiger partial charge in [0.25, 0.3) is 5.91 Å². The summed E-state index contributed by atoms with van der Waals surface area (Å²) < 4.78 is 25.9. The summed E-state index contributed by atoms with van der Waals surface area (Å²) in [6.07, 6.45) is 2.80. The van der Waals surface area contributed by atoms with Crippen LogP contribution in [0.2, 0.25) is 0 Å². The van der Waals surface area contributed by atoms with Gasteiger partial charge in [-0.25, -0.2) is 9.37 Å². The van der Waals surface area contributed by atoms with E-state index in [1.807, 2.05) is 50.5 Å². The number of hydrogen-bond acceptors (Lipinski definition) is 7. The number of carbonyl (C=O) groups excluding carboxylic acids is 1. The number of amides is 1. The van der Waals surface area contributed by atoms with Crippen LogP contribution in [0.15, 0.2) is 57.7 Å². The van der Waals surface area contributed by atoms with E-state index in [0.717, 1.165) is 22.0 Å². The molecule has 5 aromatic rings. The van der Waals surface area contributed by atoms with Crippen molar-refractivity contribution in [2.45, 2.75) is 25.4 Å². The maximum absolute atomic E-state index is 13.3. The molecule has 170 valence electrons. The van der Waals surface area contributed by atoms with E-state index in [0.29, 0.717) is 35.3 Å². The number of anilines is 1. The van der Waals surface area contributed by atoms with E-state index < -0.39 is 12.1 Å². The van der Waals surface area contributed by atoms with Gasteiger partial charge in [-0.05, 0) is 37.1 Å². The number of halogens is 1. The number of alkyl halides is 1. The molecule has 1 N–H and O–H groups in total. The fraction of sp³-hybridized carbons (Fsp3) is 0.208. The highest BCUT2D eigenvalue weighted by Crippen LogP contribution is 2.43.